The highest BCUT2D eigenvalue weighted by atomic mass is 28.2. The first-order chi connectivity index (χ1) is 8.61. The van der Waals surface area contributed by atoms with Crippen LogP contribution in [0.25, 0.3) is 0 Å². The van der Waals surface area contributed by atoms with E-state index in [-0.39, 0.29) is 5.73 Å². The van der Waals surface area contributed by atoms with Crippen molar-refractivity contribution >= 4 is 15.2 Å². The van der Waals surface area contributed by atoms with E-state index in [2.05, 4.69) is 12.6 Å². The van der Waals surface area contributed by atoms with E-state index in [4.69, 9.17) is 15.7 Å². The third kappa shape index (κ3) is 5.55. The Morgan fingerprint density at radius 2 is 2.17 bits per heavy atom. The summed E-state index contributed by atoms with van der Waals surface area (Å²) in [4.78, 5) is 0. The van der Waals surface area contributed by atoms with Gasteiger partial charge in [0.2, 0.25) is 0 Å². The lowest BCUT2D eigenvalue weighted by atomic mass is 10.2. The molecule has 1 unspecified atom stereocenters. The minimum atomic E-state index is 0.114. The second-order valence-corrected chi connectivity index (χ2v) is 5.90. The van der Waals surface area contributed by atoms with Crippen LogP contribution in [0.2, 0.25) is 0 Å². The highest BCUT2D eigenvalue weighted by molar-refractivity contribution is 6.46. The molecular formula is C14H18N2OSi. The maximum absolute atomic E-state index is 8.47. The zero-order chi connectivity index (χ0) is 13.4. The molecular weight excluding hydrogens is 240 g/mol. The maximum Gasteiger partial charge on any atom is 0.129 e. The van der Waals surface area contributed by atoms with Crippen LogP contribution in [0.4, 0.5) is 5.69 Å². The molecule has 0 aliphatic carbocycles. The van der Waals surface area contributed by atoms with Crippen molar-refractivity contribution in [2.75, 3.05) is 5.73 Å². The van der Waals surface area contributed by atoms with Crippen LogP contribution in [0.3, 0.4) is 0 Å². The largest absolute Gasteiger partial charge is 0.495 e. The van der Waals surface area contributed by atoms with E-state index in [0.29, 0.717) is 15.9 Å². The minimum Gasteiger partial charge on any atom is -0.495 e. The normalized spacial score (nSPS) is 11.6. The van der Waals surface area contributed by atoms with Gasteiger partial charge < -0.3 is 10.5 Å². The monoisotopic (exact) mass is 258 g/mol. The summed E-state index contributed by atoms with van der Waals surface area (Å²) < 4.78 is 5.78. The number of nitrogens with zero attached hydrogens (tertiary/aromatic N) is 1. The van der Waals surface area contributed by atoms with Crippen molar-refractivity contribution in [1.29, 1.82) is 5.26 Å². The lowest BCUT2D eigenvalue weighted by molar-refractivity contribution is 0.297. The molecule has 1 aromatic carbocycles. The Morgan fingerprint density at radius 3 is 2.78 bits per heavy atom. The van der Waals surface area contributed by atoms with E-state index in [1.807, 2.05) is 31.2 Å². The van der Waals surface area contributed by atoms with Crippen molar-refractivity contribution < 1.29 is 4.74 Å². The van der Waals surface area contributed by atoms with Gasteiger partial charge in [0.05, 0.1) is 11.8 Å². The van der Waals surface area contributed by atoms with E-state index in [0.717, 1.165) is 29.5 Å². The fraction of sp³-hybridized carbons (Fsp3) is 0.357. The van der Waals surface area contributed by atoms with Crippen LogP contribution in [0.15, 0.2) is 36.0 Å². The number of unbranched alkanes of at least 4 members (excludes halogenated alkanes) is 1. The Bertz CT molecular complexity index is 422. The molecule has 0 fully saturated rings. The van der Waals surface area contributed by atoms with Crippen LogP contribution in [0.5, 0.6) is 5.75 Å². The molecule has 3 nitrogen and oxygen atoms in total. The topological polar surface area (TPSA) is 59.0 Å². The molecule has 0 spiro atoms. The zero-order valence-electron chi connectivity index (χ0n) is 10.6. The summed E-state index contributed by atoms with van der Waals surface area (Å²) >= 11 is 0. The van der Waals surface area contributed by atoms with Gasteiger partial charge in [-0.15, -0.1) is 6.58 Å². The molecule has 0 saturated carbocycles. The van der Waals surface area contributed by atoms with Gasteiger partial charge in [-0.2, -0.15) is 5.26 Å². The second kappa shape index (κ2) is 7.57. The Hall–Kier alpha value is -1.73. The number of ether oxygens (including phenoxy) is 1. The van der Waals surface area contributed by atoms with E-state index >= 15 is 0 Å². The summed E-state index contributed by atoms with van der Waals surface area (Å²) in [5.74, 6) is 0.828. The van der Waals surface area contributed by atoms with Crippen LogP contribution in [0, 0.1) is 11.3 Å². The third-order valence-corrected chi connectivity index (χ3v) is 3.55. The first-order valence-corrected chi connectivity index (χ1v) is 7.03. The van der Waals surface area contributed by atoms with Crippen molar-refractivity contribution in [2.24, 2.45) is 0 Å². The molecule has 2 radical (unpaired) electrons. The summed E-state index contributed by atoms with van der Waals surface area (Å²) in [5.41, 5.74) is 6.46. The number of allylic oxidation sites excluding steroid dienone is 1. The van der Waals surface area contributed by atoms with Crippen molar-refractivity contribution in [3.63, 3.8) is 0 Å². The molecule has 0 aliphatic rings. The van der Waals surface area contributed by atoms with Gasteiger partial charge >= 0.3 is 0 Å². The van der Waals surface area contributed by atoms with Gasteiger partial charge in [0.25, 0.3) is 0 Å². The molecule has 94 valence electrons. The first kappa shape index (κ1) is 14.3. The van der Waals surface area contributed by atoms with Gasteiger partial charge in [0.1, 0.15) is 15.3 Å². The second-order valence-electron chi connectivity index (χ2n) is 4.09. The summed E-state index contributed by atoms with van der Waals surface area (Å²) in [6, 6.07) is 9.53. The zero-order valence-corrected chi connectivity index (χ0v) is 11.6. The molecule has 0 bridgehead atoms. The van der Waals surface area contributed by atoms with Crippen LogP contribution >= 0.6 is 0 Å². The SMILES string of the molecule is C=C(CCCC#N)[Si]C(C)Oc1ccc(N)cc1. The smallest absolute Gasteiger partial charge is 0.129 e. The molecule has 1 rings (SSSR count). The van der Waals surface area contributed by atoms with Crippen LogP contribution in [0.1, 0.15) is 26.2 Å². The Morgan fingerprint density at radius 1 is 1.50 bits per heavy atom. The van der Waals surface area contributed by atoms with Crippen LogP contribution in [-0.2, 0) is 0 Å². The summed E-state index contributed by atoms with van der Waals surface area (Å²) in [6.45, 7) is 6.06. The van der Waals surface area contributed by atoms with Crippen molar-refractivity contribution in [3.8, 4) is 11.8 Å². The predicted octanol–water partition coefficient (Wildman–Crippen LogP) is 2.91. The fourth-order valence-corrected chi connectivity index (χ4v) is 2.61. The predicted molar refractivity (Wildman–Crippen MR) is 75.3 cm³/mol. The van der Waals surface area contributed by atoms with Gasteiger partial charge in [-0.1, -0.05) is 5.20 Å². The molecule has 1 aromatic rings. The molecule has 0 amide bonds. The minimum absolute atomic E-state index is 0.114. The number of benzene rings is 1. The fourth-order valence-electron chi connectivity index (χ4n) is 1.52. The Balaban J connectivity index is 2.33. The quantitative estimate of drug-likeness (QED) is 0.465. The van der Waals surface area contributed by atoms with Crippen molar-refractivity contribution in [3.05, 3.63) is 36.0 Å². The molecule has 0 saturated heterocycles. The number of anilines is 1. The molecule has 0 heterocycles. The highest BCUT2D eigenvalue weighted by Gasteiger charge is 2.08. The summed E-state index contributed by atoms with van der Waals surface area (Å²) in [7, 11) is 0.556. The molecule has 1 atom stereocenters. The Labute approximate surface area is 111 Å². The van der Waals surface area contributed by atoms with Crippen LogP contribution < -0.4 is 10.5 Å². The number of nitrogens with two attached hydrogens (primary N) is 1. The lowest BCUT2D eigenvalue weighted by Gasteiger charge is -2.15. The number of hydrogen-bond donors (Lipinski definition) is 1. The van der Waals surface area contributed by atoms with E-state index in [1.54, 1.807) is 0 Å². The van der Waals surface area contributed by atoms with Gasteiger partial charge in [-0.25, -0.2) is 0 Å². The maximum atomic E-state index is 8.47. The van der Waals surface area contributed by atoms with Gasteiger partial charge in [0, 0.05) is 12.1 Å². The van der Waals surface area contributed by atoms with Gasteiger partial charge in [-0.3, -0.25) is 0 Å². The number of nitriles is 1. The van der Waals surface area contributed by atoms with Crippen molar-refractivity contribution in [2.45, 2.75) is 31.9 Å². The van der Waals surface area contributed by atoms with Crippen LogP contribution in [-0.4, -0.2) is 15.2 Å². The average Bonchev–Trinajstić information content (AvgIpc) is 2.32. The highest BCUT2D eigenvalue weighted by Crippen LogP contribution is 2.15. The van der Waals surface area contributed by atoms with Crippen molar-refractivity contribution in [1.82, 2.24) is 0 Å². The molecule has 4 heteroatoms. The molecule has 2 N–H and O–H groups in total. The number of hydrogen-bond acceptors (Lipinski definition) is 3. The summed E-state index contributed by atoms with van der Waals surface area (Å²) in [5, 5.41) is 9.63. The Kier molecular flexibility index (Phi) is 6.02. The number of rotatable bonds is 7. The van der Waals surface area contributed by atoms with E-state index in [1.165, 1.54) is 0 Å². The van der Waals surface area contributed by atoms with E-state index < -0.39 is 0 Å². The summed E-state index contributed by atoms with van der Waals surface area (Å²) in [6.07, 6.45) is 2.38. The standard InChI is InChI=1S/C14H18N2OSi/c1-11(5-3-4-10-15)18-12(2)17-14-8-6-13(16)7-9-14/h6-9,12H,1,3-5,16H2,2H3. The third-order valence-electron chi connectivity index (χ3n) is 2.37. The van der Waals surface area contributed by atoms with E-state index in [9.17, 15) is 0 Å². The lowest BCUT2D eigenvalue weighted by Crippen LogP contribution is -2.21. The number of nitrogen functional groups attached to an aromatic ring is 1. The average molecular weight is 258 g/mol. The first-order valence-electron chi connectivity index (χ1n) is 5.95. The molecule has 0 aromatic heterocycles. The molecule has 18 heavy (non-hydrogen) atoms. The van der Waals surface area contributed by atoms with Gasteiger partial charge in [0.15, 0.2) is 0 Å². The molecule has 0 aliphatic heterocycles. The van der Waals surface area contributed by atoms with Gasteiger partial charge in [-0.05, 0) is 44.0 Å².